The number of carbonyl (C=O) groups is 2. The van der Waals surface area contributed by atoms with Gasteiger partial charge in [-0.05, 0) is 43.0 Å². The molecule has 0 N–H and O–H groups in total. The van der Waals surface area contributed by atoms with Gasteiger partial charge < -0.3 is 0 Å². The second-order valence-corrected chi connectivity index (χ2v) is 8.04. The predicted molar refractivity (Wildman–Crippen MR) is 108 cm³/mol. The molecular weight excluding hydrogens is 350 g/mol. The predicted octanol–water partition coefficient (Wildman–Crippen LogP) is 3.09. The first-order valence-electron chi connectivity index (χ1n) is 10.2. The third-order valence-corrected chi connectivity index (χ3v) is 6.43. The van der Waals surface area contributed by atoms with Crippen LogP contribution in [0.25, 0.3) is 0 Å². The van der Waals surface area contributed by atoms with Crippen LogP contribution in [0.1, 0.15) is 36.1 Å². The zero-order chi connectivity index (χ0) is 19.4. The van der Waals surface area contributed by atoms with Gasteiger partial charge in [-0.2, -0.15) is 0 Å². The van der Waals surface area contributed by atoms with Crippen LogP contribution in [-0.2, 0) is 16.0 Å². The third kappa shape index (κ3) is 2.46. The summed E-state index contributed by atoms with van der Waals surface area (Å²) < 4.78 is 0. The molecule has 3 saturated heterocycles. The first kappa shape index (κ1) is 17.6. The number of anilines is 1. The third-order valence-electron chi connectivity index (χ3n) is 6.43. The van der Waals surface area contributed by atoms with Crippen molar-refractivity contribution in [3.05, 3.63) is 65.2 Å². The molecule has 2 aromatic rings. The summed E-state index contributed by atoms with van der Waals surface area (Å²) in [5.74, 6) is -0.499. The fourth-order valence-corrected chi connectivity index (χ4v) is 5.01. The van der Waals surface area contributed by atoms with E-state index in [1.807, 2.05) is 24.3 Å². The van der Waals surface area contributed by atoms with Gasteiger partial charge in [-0.15, -0.1) is 0 Å². The Hall–Kier alpha value is -2.50. The lowest BCUT2D eigenvalue weighted by atomic mass is 9.89. The Bertz CT molecular complexity index is 922. The largest absolute Gasteiger partial charge is 0.274 e. The van der Waals surface area contributed by atoms with Crippen LogP contribution in [-0.4, -0.2) is 41.0 Å². The highest BCUT2D eigenvalue weighted by Crippen LogP contribution is 2.48. The van der Waals surface area contributed by atoms with E-state index in [0.717, 1.165) is 31.5 Å². The molecule has 3 fully saturated rings. The van der Waals surface area contributed by atoms with E-state index in [4.69, 9.17) is 0 Å². The number of rotatable bonds is 3. The Balaban J connectivity index is 1.55. The Labute approximate surface area is 165 Å². The summed E-state index contributed by atoms with van der Waals surface area (Å²) in [5, 5.41) is 4.41. The molecule has 3 atom stereocenters. The maximum atomic E-state index is 13.5. The molecule has 2 amide bonds. The van der Waals surface area contributed by atoms with Crippen molar-refractivity contribution in [2.45, 2.75) is 38.8 Å². The number of hydrazine groups is 1. The van der Waals surface area contributed by atoms with Gasteiger partial charge in [0.1, 0.15) is 6.04 Å². The van der Waals surface area contributed by atoms with E-state index in [1.54, 1.807) is 0 Å². The molecule has 3 aliphatic rings. The van der Waals surface area contributed by atoms with Crippen LogP contribution in [0.4, 0.5) is 5.69 Å². The Kier molecular flexibility index (Phi) is 4.11. The van der Waals surface area contributed by atoms with Crippen LogP contribution in [0.2, 0.25) is 0 Å². The molecule has 0 spiro atoms. The first-order chi connectivity index (χ1) is 13.6. The van der Waals surface area contributed by atoms with E-state index in [0.29, 0.717) is 5.69 Å². The van der Waals surface area contributed by atoms with Crippen molar-refractivity contribution in [1.82, 2.24) is 10.0 Å². The number of hydrogen-bond donors (Lipinski definition) is 0. The van der Waals surface area contributed by atoms with E-state index in [2.05, 4.69) is 48.1 Å². The van der Waals surface area contributed by atoms with E-state index >= 15 is 0 Å². The maximum Gasteiger partial charge on any atom is 0.253 e. The summed E-state index contributed by atoms with van der Waals surface area (Å²) in [4.78, 5) is 28.3. The Morgan fingerprint density at radius 3 is 2.14 bits per heavy atom. The van der Waals surface area contributed by atoms with Crippen LogP contribution in [0.3, 0.4) is 0 Å². The topological polar surface area (TPSA) is 43.9 Å². The molecule has 3 heterocycles. The quantitative estimate of drug-likeness (QED) is 0.774. The van der Waals surface area contributed by atoms with Gasteiger partial charge in [0, 0.05) is 13.1 Å². The number of aryl methyl sites for hydroxylation is 2. The molecule has 2 aromatic carbocycles. The van der Waals surface area contributed by atoms with E-state index in [9.17, 15) is 9.59 Å². The van der Waals surface area contributed by atoms with Crippen molar-refractivity contribution >= 4 is 17.5 Å². The summed E-state index contributed by atoms with van der Waals surface area (Å²) in [5.41, 5.74) is 4.21. The van der Waals surface area contributed by atoms with Gasteiger partial charge >= 0.3 is 0 Å². The van der Waals surface area contributed by atoms with Crippen LogP contribution in [0.15, 0.2) is 48.5 Å². The normalized spacial score (nSPS) is 27.5. The van der Waals surface area contributed by atoms with Crippen molar-refractivity contribution in [3.8, 4) is 0 Å². The van der Waals surface area contributed by atoms with Crippen LogP contribution in [0.5, 0.6) is 0 Å². The van der Waals surface area contributed by atoms with E-state index in [1.165, 1.54) is 16.0 Å². The Morgan fingerprint density at radius 1 is 0.857 bits per heavy atom. The van der Waals surface area contributed by atoms with Gasteiger partial charge in [0.25, 0.3) is 5.91 Å². The second kappa shape index (κ2) is 6.54. The molecule has 5 heteroatoms. The SMILES string of the molecule is CCc1ccc(N2C(=O)[C@@H]3[C@@H](C2=O)N2CCCN2[C@@H]3c2ccc(C)cc2)cc1. The number of hydrogen-bond acceptors (Lipinski definition) is 4. The minimum Gasteiger partial charge on any atom is -0.274 e. The number of imide groups is 1. The van der Waals surface area contributed by atoms with Gasteiger partial charge in [0.05, 0.1) is 17.6 Å². The average Bonchev–Trinajstić information content (AvgIpc) is 3.35. The van der Waals surface area contributed by atoms with Gasteiger partial charge in [0.2, 0.25) is 5.91 Å². The summed E-state index contributed by atoms with van der Waals surface area (Å²) >= 11 is 0. The number of amides is 2. The lowest BCUT2D eigenvalue weighted by molar-refractivity contribution is -0.126. The fourth-order valence-electron chi connectivity index (χ4n) is 5.01. The molecule has 0 unspecified atom stereocenters. The maximum absolute atomic E-state index is 13.5. The second-order valence-electron chi connectivity index (χ2n) is 8.04. The van der Waals surface area contributed by atoms with Gasteiger partial charge in [-0.3, -0.25) is 9.59 Å². The van der Waals surface area contributed by atoms with E-state index in [-0.39, 0.29) is 29.8 Å². The first-order valence-corrected chi connectivity index (χ1v) is 10.2. The monoisotopic (exact) mass is 375 g/mol. The lowest BCUT2D eigenvalue weighted by Gasteiger charge is -2.29. The number of benzene rings is 2. The Morgan fingerprint density at radius 2 is 1.50 bits per heavy atom. The summed E-state index contributed by atoms with van der Waals surface area (Å²) in [6, 6.07) is 15.8. The summed E-state index contributed by atoms with van der Waals surface area (Å²) in [6.45, 7) is 5.90. The molecule has 0 aliphatic carbocycles. The van der Waals surface area contributed by atoms with Crippen molar-refractivity contribution in [2.75, 3.05) is 18.0 Å². The van der Waals surface area contributed by atoms with E-state index < -0.39 is 0 Å². The molecule has 0 radical (unpaired) electrons. The zero-order valence-corrected chi connectivity index (χ0v) is 16.3. The smallest absolute Gasteiger partial charge is 0.253 e. The molecule has 144 valence electrons. The molecule has 0 bridgehead atoms. The minimum atomic E-state index is -0.382. The fraction of sp³-hybridized carbons (Fsp3) is 0.391. The standard InChI is InChI=1S/C23H25N3O2/c1-3-16-7-11-18(12-8-16)26-22(27)19-20(17-9-5-15(2)6-10-17)24-13-4-14-25(24)21(19)23(26)28/h5-12,19-21H,3-4,13-14H2,1-2H3/t19-,20+,21-/m0/s1. The molecule has 3 aliphatic heterocycles. The molecule has 28 heavy (non-hydrogen) atoms. The zero-order valence-electron chi connectivity index (χ0n) is 16.3. The van der Waals surface area contributed by atoms with Crippen LogP contribution in [0, 0.1) is 12.8 Å². The molecule has 0 saturated carbocycles. The number of fused-ring (bicyclic) bond motifs is 3. The van der Waals surface area contributed by atoms with Crippen molar-refractivity contribution in [1.29, 1.82) is 0 Å². The van der Waals surface area contributed by atoms with Crippen LogP contribution >= 0.6 is 0 Å². The van der Waals surface area contributed by atoms with Gasteiger partial charge in [-0.1, -0.05) is 48.9 Å². The van der Waals surface area contributed by atoms with Gasteiger partial charge in [-0.25, -0.2) is 14.9 Å². The highest BCUT2D eigenvalue weighted by molar-refractivity contribution is 6.24. The molecular formula is C23H25N3O2. The highest BCUT2D eigenvalue weighted by Gasteiger charge is 2.62. The molecule has 0 aromatic heterocycles. The lowest BCUT2D eigenvalue weighted by Crippen LogP contribution is -2.44. The number of carbonyl (C=O) groups excluding carboxylic acids is 2. The molecule has 5 rings (SSSR count). The summed E-state index contributed by atoms with van der Waals surface area (Å²) in [7, 11) is 0. The van der Waals surface area contributed by atoms with Crippen molar-refractivity contribution < 1.29 is 9.59 Å². The van der Waals surface area contributed by atoms with Crippen molar-refractivity contribution in [2.24, 2.45) is 5.92 Å². The average molecular weight is 375 g/mol. The highest BCUT2D eigenvalue weighted by atomic mass is 16.2. The summed E-state index contributed by atoms with van der Waals surface area (Å²) in [6.07, 6.45) is 1.96. The van der Waals surface area contributed by atoms with Crippen molar-refractivity contribution in [3.63, 3.8) is 0 Å². The van der Waals surface area contributed by atoms with Gasteiger partial charge in [0.15, 0.2) is 0 Å². The van der Waals surface area contributed by atoms with Crippen LogP contribution < -0.4 is 4.90 Å². The number of nitrogens with zero attached hydrogens (tertiary/aromatic N) is 3. The molecule has 5 nitrogen and oxygen atoms in total. The minimum absolute atomic E-state index is 0.0653.